The van der Waals surface area contributed by atoms with E-state index in [0.717, 1.165) is 10.5 Å². The molecule has 0 unspecified atom stereocenters. The summed E-state index contributed by atoms with van der Waals surface area (Å²) in [5.41, 5.74) is 0. The molecule has 3 rings (SSSR count). The standard InChI is InChI=1S/3C6H5.2C3H6O2.Sb/c3*1-2-4-6-5-3-1;2*1-2-3(4)5;/h3*1-5H;2*2H2,1H3,(H,4,5);/q;;;;;+2/p-2. The Kier molecular flexibility index (Phi) is 6.44. The van der Waals surface area contributed by atoms with Crippen LogP contribution >= 0.6 is 0 Å². The second-order valence-corrected chi connectivity index (χ2v) is 17.5. The van der Waals surface area contributed by atoms with Gasteiger partial charge in [0.2, 0.25) is 0 Å². The Hall–Kier alpha value is -2.58. The van der Waals surface area contributed by atoms with Gasteiger partial charge in [-0.2, -0.15) is 0 Å². The van der Waals surface area contributed by atoms with E-state index in [2.05, 4.69) is 0 Å². The summed E-state index contributed by atoms with van der Waals surface area (Å²) in [6, 6.07) is 28.3. The molecular weight excluding hydrogens is 474 g/mol. The molecule has 4 nitrogen and oxygen atoms in total. The topological polar surface area (TPSA) is 52.6 Å². The number of benzene rings is 3. The SMILES string of the molecule is CCC(=O)[O][Sb]([O]C(=O)CC)([c]1ccccc1)([c]1ccccc1)[c]1ccccc1. The molecule has 0 aliphatic heterocycles. The molecule has 0 fully saturated rings. The molecule has 0 aliphatic carbocycles. The molecule has 150 valence electrons. The molecule has 3 aromatic rings. The third-order valence-electron chi connectivity index (χ3n) is 4.81. The van der Waals surface area contributed by atoms with Gasteiger partial charge in [0.25, 0.3) is 0 Å². The molecular formula is C24H25O4Sb. The van der Waals surface area contributed by atoms with E-state index >= 15 is 0 Å². The molecule has 0 aliphatic rings. The molecule has 0 N–H and O–H groups in total. The molecule has 0 spiro atoms. The van der Waals surface area contributed by atoms with Gasteiger partial charge in [0.05, 0.1) is 0 Å². The number of hydrogen-bond acceptors (Lipinski definition) is 4. The fourth-order valence-electron chi connectivity index (χ4n) is 3.40. The van der Waals surface area contributed by atoms with E-state index in [1.54, 1.807) is 13.8 Å². The van der Waals surface area contributed by atoms with Crippen LogP contribution in [0.15, 0.2) is 91.0 Å². The summed E-state index contributed by atoms with van der Waals surface area (Å²) in [6.45, 7) is 3.49. The summed E-state index contributed by atoms with van der Waals surface area (Å²) in [5.74, 6) is -0.792. The van der Waals surface area contributed by atoms with Crippen LogP contribution in [0.3, 0.4) is 0 Å². The molecule has 0 heterocycles. The zero-order chi connectivity index (χ0) is 20.8. The molecule has 29 heavy (non-hydrogen) atoms. The summed E-state index contributed by atoms with van der Waals surface area (Å²) in [4.78, 5) is 25.7. The van der Waals surface area contributed by atoms with Crippen molar-refractivity contribution in [2.75, 3.05) is 0 Å². The van der Waals surface area contributed by atoms with Crippen LogP contribution in [0.4, 0.5) is 0 Å². The van der Waals surface area contributed by atoms with E-state index in [1.165, 1.54) is 0 Å². The second kappa shape index (κ2) is 8.83. The first-order valence-electron chi connectivity index (χ1n) is 9.71. The van der Waals surface area contributed by atoms with Crippen molar-refractivity contribution in [1.82, 2.24) is 0 Å². The zero-order valence-electron chi connectivity index (χ0n) is 16.7. The first-order valence-corrected chi connectivity index (χ1v) is 15.6. The van der Waals surface area contributed by atoms with Crippen molar-refractivity contribution in [3.05, 3.63) is 91.0 Å². The van der Waals surface area contributed by atoms with E-state index in [1.807, 2.05) is 91.0 Å². The van der Waals surface area contributed by atoms with Crippen molar-refractivity contribution >= 4 is 40.7 Å². The summed E-state index contributed by atoms with van der Waals surface area (Å²) in [7, 11) is 0. The fourth-order valence-corrected chi connectivity index (χ4v) is 16.9. The quantitative estimate of drug-likeness (QED) is 0.470. The molecule has 0 saturated heterocycles. The Morgan fingerprint density at radius 3 is 1.10 bits per heavy atom. The maximum atomic E-state index is 12.9. The van der Waals surface area contributed by atoms with E-state index < -0.39 is 30.2 Å². The van der Waals surface area contributed by atoms with E-state index in [-0.39, 0.29) is 12.8 Å². The Bertz CT molecular complexity index is 850. The van der Waals surface area contributed by atoms with Crippen molar-refractivity contribution in [2.24, 2.45) is 0 Å². The second-order valence-electron chi connectivity index (χ2n) is 6.60. The van der Waals surface area contributed by atoms with Gasteiger partial charge in [0, 0.05) is 0 Å². The summed E-state index contributed by atoms with van der Waals surface area (Å²) < 4.78 is 15.1. The van der Waals surface area contributed by atoms with Gasteiger partial charge in [-0.25, -0.2) is 0 Å². The molecule has 0 amide bonds. The van der Waals surface area contributed by atoms with Crippen LogP contribution in [0.5, 0.6) is 0 Å². The van der Waals surface area contributed by atoms with Gasteiger partial charge in [-0.05, 0) is 0 Å². The predicted molar refractivity (Wildman–Crippen MR) is 117 cm³/mol. The average molecular weight is 499 g/mol. The van der Waals surface area contributed by atoms with Gasteiger partial charge >= 0.3 is 174 Å². The first kappa shape index (κ1) is 21.1. The van der Waals surface area contributed by atoms with Gasteiger partial charge in [0.15, 0.2) is 0 Å². The van der Waals surface area contributed by atoms with Crippen LogP contribution in [0.2, 0.25) is 0 Å². The maximum absolute atomic E-state index is 12.9. The van der Waals surface area contributed by atoms with E-state index in [4.69, 9.17) is 6.03 Å². The third-order valence-corrected chi connectivity index (χ3v) is 18.5. The number of carbonyl (C=O) groups excluding carboxylic acids is 2. The van der Waals surface area contributed by atoms with Gasteiger partial charge in [-0.3, -0.25) is 0 Å². The Morgan fingerprint density at radius 1 is 0.586 bits per heavy atom. The van der Waals surface area contributed by atoms with Crippen LogP contribution in [0, 0.1) is 0 Å². The molecule has 5 heteroatoms. The molecule has 0 atom stereocenters. The van der Waals surface area contributed by atoms with E-state index in [9.17, 15) is 9.59 Å². The number of hydrogen-bond donors (Lipinski definition) is 0. The van der Waals surface area contributed by atoms with Crippen LogP contribution in [0.1, 0.15) is 26.7 Å². The summed E-state index contributed by atoms with van der Waals surface area (Å²) in [5, 5.41) is 0. The van der Waals surface area contributed by atoms with Gasteiger partial charge in [0.1, 0.15) is 0 Å². The monoisotopic (exact) mass is 498 g/mol. The van der Waals surface area contributed by atoms with Crippen molar-refractivity contribution in [1.29, 1.82) is 0 Å². The van der Waals surface area contributed by atoms with Crippen molar-refractivity contribution in [3.63, 3.8) is 0 Å². The van der Waals surface area contributed by atoms with Crippen LogP contribution < -0.4 is 10.5 Å². The van der Waals surface area contributed by atoms with Gasteiger partial charge < -0.3 is 0 Å². The van der Waals surface area contributed by atoms with Crippen LogP contribution in [-0.4, -0.2) is 30.2 Å². The molecule has 0 aromatic heterocycles. The Labute approximate surface area is 173 Å². The molecule has 3 aromatic carbocycles. The third kappa shape index (κ3) is 3.70. The minimum atomic E-state index is -5.49. The van der Waals surface area contributed by atoms with E-state index in [0.29, 0.717) is 0 Å². The molecule has 0 radical (unpaired) electrons. The normalized spacial score (nSPS) is 12.4. The Balaban J connectivity index is 2.53. The van der Waals surface area contributed by atoms with Crippen molar-refractivity contribution < 1.29 is 15.6 Å². The number of rotatable bonds is 7. The van der Waals surface area contributed by atoms with Crippen molar-refractivity contribution in [2.45, 2.75) is 26.7 Å². The van der Waals surface area contributed by atoms with Crippen LogP contribution in [0.25, 0.3) is 0 Å². The minimum absolute atomic E-state index is 0.179. The first-order chi connectivity index (χ1) is 14.1. The summed E-state index contributed by atoms with van der Waals surface area (Å²) in [6.07, 6.45) is 0.357. The van der Waals surface area contributed by atoms with Crippen LogP contribution in [-0.2, 0) is 15.6 Å². The number of carbonyl (C=O) groups is 2. The Morgan fingerprint density at radius 2 is 0.862 bits per heavy atom. The van der Waals surface area contributed by atoms with Gasteiger partial charge in [-0.1, -0.05) is 0 Å². The van der Waals surface area contributed by atoms with Crippen molar-refractivity contribution in [3.8, 4) is 0 Å². The summed E-state index contributed by atoms with van der Waals surface area (Å²) >= 11 is -5.49. The average Bonchev–Trinajstić information content (AvgIpc) is 2.80. The van der Waals surface area contributed by atoms with Gasteiger partial charge in [-0.15, -0.1) is 0 Å². The fraction of sp³-hybridized carbons (Fsp3) is 0.167. The molecule has 0 bridgehead atoms. The molecule has 0 saturated carbocycles. The predicted octanol–water partition coefficient (Wildman–Crippen LogP) is 3.01. The zero-order valence-corrected chi connectivity index (χ0v) is 19.2.